The zero-order chi connectivity index (χ0) is 9.54. The number of halogens is 2. The number of hydrogen-bond donors (Lipinski definition) is 2. The van der Waals surface area contributed by atoms with E-state index in [-0.39, 0.29) is 24.8 Å². The lowest BCUT2D eigenvalue weighted by Gasteiger charge is -2.35. The molecule has 0 spiro atoms. The Morgan fingerprint density at radius 2 is 2.12 bits per heavy atom. The lowest BCUT2D eigenvalue weighted by molar-refractivity contribution is 0.316. The number of aryl methyl sites for hydroxylation is 1. The molecule has 92 valence electrons. The van der Waals surface area contributed by atoms with E-state index in [9.17, 15) is 0 Å². The number of nitrogens with zero attached hydrogens (tertiary/aromatic N) is 1. The summed E-state index contributed by atoms with van der Waals surface area (Å²) >= 11 is 1.68. The number of thiazole rings is 1. The summed E-state index contributed by atoms with van der Waals surface area (Å²) in [4.78, 5) is 5.93. The highest BCUT2D eigenvalue weighted by atomic mass is 35.5. The van der Waals surface area contributed by atoms with E-state index in [0.29, 0.717) is 12.0 Å². The van der Waals surface area contributed by atoms with Crippen molar-refractivity contribution in [2.75, 3.05) is 12.3 Å². The number of piperidine rings is 1. The Morgan fingerprint density at radius 3 is 2.94 bits per heavy atom. The number of fused-ring (bicyclic) bond motifs is 3. The molecule has 2 aliphatic rings. The van der Waals surface area contributed by atoms with Crippen molar-refractivity contribution < 1.29 is 0 Å². The first-order valence-corrected chi connectivity index (χ1v) is 6.14. The van der Waals surface area contributed by atoms with E-state index in [0.717, 1.165) is 5.13 Å². The number of nitrogen functional groups attached to an aromatic ring is 1. The third-order valence-corrected chi connectivity index (χ3v) is 4.32. The molecule has 1 aliphatic heterocycles. The van der Waals surface area contributed by atoms with Crippen LogP contribution in [0.4, 0.5) is 5.13 Å². The number of aromatic nitrogens is 1. The second kappa shape index (κ2) is 5.54. The Hall–Kier alpha value is -0.0300. The van der Waals surface area contributed by atoms with Crippen LogP contribution in [0.15, 0.2) is 0 Å². The predicted molar refractivity (Wildman–Crippen MR) is 73.1 cm³/mol. The van der Waals surface area contributed by atoms with Gasteiger partial charge < -0.3 is 11.1 Å². The zero-order valence-corrected chi connectivity index (χ0v) is 11.4. The van der Waals surface area contributed by atoms with Gasteiger partial charge in [-0.3, -0.25) is 0 Å². The number of rotatable bonds is 0. The summed E-state index contributed by atoms with van der Waals surface area (Å²) < 4.78 is 0. The summed E-state index contributed by atoms with van der Waals surface area (Å²) in [6.45, 7) is 1.18. The molecule has 0 saturated carbocycles. The normalized spacial score (nSPS) is 27.0. The van der Waals surface area contributed by atoms with E-state index in [1.165, 1.54) is 42.8 Å². The molecule has 1 aliphatic carbocycles. The summed E-state index contributed by atoms with van der Waals surface area (Å²) in [5.41, 5.74) is 7.07. The standard InChI is InChI=1S/C10H15N3S.2ClH/c11-10-13-9-6-2-1-5-12-7(6)3-4-8(9)14-10;;/h6-7,12H,1-5H2,(H2,11,13);2*1H/t6-,7+;;/m1../s1. The molecule has 1 fully saturated rings. The van der Waals surface area contributed by atoms with Crippen LogP contribution in [-0.4, -0.2) is 17.6 Å². The van der Waals surface area contributed by atoms with Gasteiger partial charge in [0, 0.05) is 16.8 Å². The molecular weight excluding hydrogens is 265 g/mol. The van der Waals surface area contributed by atoms with Crippen molar-refractivity contribution >= 4 is 41.3 Å². The van der Waals surface area contributed by atoms with Crippen molar-refractivity contribution in [3.05, 3.63) is 10.6 Å². The van der Waals surface area contributed by atoms with E-state index >= 15 is 0 Å². The number of nitrogens with two attached hydrogens (primary N) is 1. The van der Waals surface area contributed by atoms with Gasteiger partial charge in [-0.1, -0.05) is 0 Å². The molecule has 0 radical (unpaired) electrons. The number of hydrogen-bond acceptors (Lipinski definition) is 4. The number of nitrogens with one attached hydrogen (secondary N) is 1. The van der Waals surface area contributed by atoms with Crippen LogP contribution < -0.4 is 11.1 Å². The Balaban J connectivity index is 0.000000640. The van der Waals surface area contributed by atoms with Crippen LogP contribution in [0.1, 0.15) is 35.8 Å². The summed E-state index contributed by atoms with van der Waals surface area (Å²) in [6.07, 6.45) is 4.99. The van der Waals surface area contributed by atoms with Crippen molar-refractivity contribution in [2.24, 2.45) is 0 Å². The maximum absolute atomic E-state index is 5.77. The Kier molecular flexibility index (Phi) is 4.86. The fraction of sp³-hybridized carbons (Fsp3) is 0.700. The van der Waals surface area contributed by atoms with Crippen molar-refractivity contribution in [2.45, 2.75) is 37.6 Å². The summed E-state index contributed by atoms with van der Waals surface area (Å²) in [5, 5.41) is 4.35. The van der Waals surface area contributed by atoms with E-state index in [4.69, 9.17) is 5.73 Å². The van der Waals surface area contributed by atoms with Gasteiger partial charge in [-0.15, -0.1) is 36.2 Å². The molecule has 1 saturated heterocycles. The molecule has 3 nitrogen and oxygen atoms in total. The molecule has 3 N–H and O–H groups in total. The Morgan fingerprint density at radius 1 is 1.31 bits per heavy atom. The molecule has 6 heteroatoms. The molecule has 0 bridgehead atoms. The molecule has 3 rings (SSSR count). The maximum atomic E-state index is 5.77. The van der Waals surface area contributed by atoms with Gasteiger partial charge in [0.15, 0.2) is 5.13 Å². The van der Waals surface area contributed by atoms with E-state index in [1.54, 1.807) is 11.3 Å². The zero-order valence-electron chi connectivity index (χ0n) is 8.94. The summed E-state index contributed by atoms with van der Waals surface area (Å²) in [5.74, 6) is 0.640. The average molecular weight is 282 g/mol. The molecule has 0 unspecified atom stereocenters. The third kappa shape index (κ3) is 2.30. The SMILES string of the molecule is Cl.Cl.Nc1nc2c(s1)CC[C@@H]1NCCC[C@@H]21. The lowest BCUT2D eigenvalue weighted by atomic mass is 9.81. The van der Waals surface area contributed by atoms with Crippen molar-refractivity contribution in [1.82, 2.24) is 10.3 Å². The fourth-order valence-corrected chi connectivity index (χ4v) is 3.64. The first-order valence-electron chi connectivity index (χ1n) is 5.33. The molecule has 1 aromatic rings. The van der Waals surface area contributed by atoms with E-state index < -0.39 is 0 Å². The van der Waals surface area contributed by atoms with Gasteiger partial charge >= 0.3 is 0 Å². The molecule has 1 aromatic heterocycles. The second-order valence-electron chi connectivity index (χ2n) is 4.21. The van der Waals surface area contributed by atoms with Crippen molar-refractivity contribution in [3.8, 4) is 0 Å². The monoisotopic (exact) mass is 281 g/mol. The lowest BCUT2D eigenvalue weighted by Crippen LogP contribution is -2.42. The van der Waals surface area contributed by atoms with Crippen LogP contribution in [0.3, 0.4) is 0 Å². The van der Waals surface area contributed by atoms with Crippen LogP contribution in [0.2, 0.25) is 0 Å². The van der Waals surface area contributed by atoms with Crippen LogP contribution in [0.5, 0.6) is 0 Å². The van der Waals surface area contributed by atoms with E-state index in [1.807, 2.05) is 0 Å². The van der Waals surface area contributed by atoms with Gasteiger partial charge in [-0.05, 0) is 32.2 Å². The van der Waals surface area contributed by atoms with Crippen LogP contribution >= 0.6 is 36.2 Å². The smallest absolute Gasteiger partial charge is 0.180 e. The minimum atomic E-state index is 0. The quantitative estimate of drug-likeness (QED) is 0.768. The predicted octanol–water partition coefficient (Wildman–Crippen LogP) is 2.35. The van der Waals surface area contributed by atoms with Gasteiger partial charge in [0.1, 0.15) is 0 Å². The van der Waals surface area contributed by atoms with Gasteiger partial charge in [0.05, 0.1) is 5.69 Å². The van der Waals surface area contributed by atoms with Gasteiger partial charge in [0.2, 0.25) is 0 Å². The maximum Gasteiger partial charge on any atom is 0.180 e. The molecule has 0 aromatic carbocycles. The topological polar surface area (TPSA) is 50.9 Å². The Bertz CT molecular complexity index is 356. The number of anilines is 1. The van der Waals surface area contributed by atoms with Gasteiger partial charge in [-0.25, -0.2) is 4.98 Å². The Labute approximate surface area is 112 Å². The second-order valence-corrected chi connectivity index (χ2v) is 5.32. The minimum absolute atomic E-state index is 0. The molecule has 2 heterocycles. The molecule has 0 amide bonds. The van der Waals surface area contributed by atoms with Crippen molar-refractivity contribution in [3.63, 3.8) is 0 Å². The highest BCUT2D eigenvalue weighted by Crippen LogP contribution is 2.39. The third-order valence-electron chi connectivity index (χ3n) is 3.36. The minimum Gasteiger partial charge on any atom is -0.375 e. The first-order chi connectivity index (χ1) is 6.84. The van der Waals surface area contributed by atoms with Crippen LogP contribution in [0.25, 0.3) is 0 Å². The highest BCUT2D eigenvalue weighted by molar-refractivity contribution is 7.15. The van der Waals surface area contributed by atoms with Gasteiger partial charge in [0.25, 0.3) is 0 Å². The fourth-order valence-electron chi connectivity index (χ4n) is 2.72. The van der Waals surface area contributed by atoms with E-state index in [2.05, 4.69) is 10.3 Å². The molecular formula is C10H17Cl2N3S. The highest BCUT2D eigenvalue weighted by Gasteiger charge is 2.33. The van der Waals surface area contributed by atoms with Crippen LogP contribution in [0, 0.1) is 0 Å². The van der Waals surface area contributed by atoms with Crippen LogP contribution in [-0.2, 0) is 6.42 Å². The van der Waals surface area contributed by atoms with Gasteiger partial charge in [-0.2, -0.15) is 0 Å². The largest absolute Gasteiger partial charge is 0.375 e. The average Bonchev–Trinajstić information content (AvgIpc) is 2.59. The summed E-state index contributed by atoms with van der Waals surface area (Å²) in [6, 6.07) is 0.665. The summed E-state index contributed by atoms with van der Waals surface area (Å²) in [7, 11) is 0. The van der Waals surface area contributed by atoms with Crippen molar-refractivity contribution in [1.29, 1.82) is 0 Å². The molecule has 16 heavy (non-hydrogen) atoms. The first kappa shape index (κ1) is 14.0. The molecule has 2 atom stereocenters.